The first-order valence-corrected chi connectivity index (χ1v) is 9.40. The lowest BCUT2D eigenvalue weighted by atomic mass is 9.97. The Morgan fingerprint density at radius 1 is 1.17 bits per heavy atom. The standard InChI is InChI=1S/C18H31N3O3/c1-14(22)20-17(15-8-4-5-9-15)18(24)19-11-7-13-21-12-6-2-3-10-16(21)23/h15,17H,2-13H2,1H3,(H,19,24)(H,20,22). The maximum atomic E-state index is 12.4. The van der Waals surface area contributed by atoms with Gasteiger partial charge in [0.1, 0.15) is 6.04 Å². The van der Waals surface area contributed by atoms with Crippen molar-refractivity contribution >= 4 is 17.7 Å². The Morgan fingerprint density at radius 3 is 2.62 bits per heavy atom. The van der Waals surface area contributed by atoms with Crippen LogP contribution in [0.25, 0.3) is 0 Å². The third-order valence-electron chi connectivity index (χ3n) is 5.09. The summed E-state index contributed by atoms with van der Waals surface area (Å²) in [5.41, 5.74) is 0. The highest BCUT2D eigenvalue weighted by Crippen LogP contribution is 2.27. The molecule has 1 unspecified atom stereocenters. The molecule has 136 valence electrons. The van der Waals surface area contributed by atoms with Gasteiger partial charge in [0.05, 0.1) is 0 Å². The van der Waals surface area contributed by atoms with Crippen molar-refractivity contribution in [3.05, 3.63) is 0 Å². The number of carbonyl (C=O) groups excluding carboxylic acids is 3. The zero-order chi connectivity index (χ0) is 17.4. The van der Waals surface area contributed by atoms with E-state index in [2.05, 4.69) is 10.6 Å². The number of amides is 3. The van der Waals surface area contributed by atoms with Crippen LogP contribution < -0.4 is 10.6 Å². The van der Waals surface area contributed by atoms with E-state index in [0.717, 1.165) is 57.9 Å². The van der Waals surface area contributed by atoms with Crippen LogP contribution in [0, 0.1) is 5.92 Å². The molecule has 2 N–H and O–H groups in total. The van der Waals surface area contributed by atoms with Crippen LogP contribution >= 0.6 is 0 Å². The largest absolute Gasteiger partial charge is 0.354 e. The fourth-order valence-electron chi connectivity index (χ4n) is 3.77. The van der Waals surface area contributed by atoms with Crippen molar-refractivity contribution in [1.29, 1.82) is 0 Å². The van der Waals surface area contributed by atoms with Gasteiger partial charge in [-0.1, -0.05) is 19.3 Å². The molecule has 6 nitrogen and oxygen atoms in total. The molecule has 1 saturated heterocycles. The molecule has 0 aromatic rings. The average molecular weight is 337 g/mol. The second kappa shape index (κ2) is 9.64. The Balaban J connectivity index is 1.73. The molecule has 0 radical (unpaired) electrons. The molecule has 1 atom stereocenters. The fourth-order valence-corrected chi connectivity index (χ4v) is 3.77. The van der Waals surface area contributed by atoms with Gasteiger partial charge in [0.2, 0.25) is 17.7 Å². The number of carbonyl (C=O) groups is 3. The minimum Gasteiger partial charge on any atom is -0.354 e. The highest BCUT2D eigenvalue weighted by atomic mass is 16.2. The lowest BCUT2D eigenvalue weighted by Gasteiger charge is -2.24. The Labute approximate surface area is 144 Å². The second-order valence-electron chi connectivity index (χ2n) is 7.06. The Morgan fingerprint density at radius 2 is 1.92 bits per heavy atom. The SMILES string of the molecule is CC(=O)NC(C(=O)NCCCN1CCCCCC1=O)C1CCCC1. The first-order chi connectivity index (χ1) is 11.6. The Kier molecular flexibility index (Phi) is 7.53. The van der Waals surface area contributed by atoms with Gasteiger partial charge in [0, 0.05) is 33.0 Å². The van der Waals surface area contributed by atoms with Crippen molar-refractivity contribution in [2.45, 2.75) is 70.8 Å². The van der Waals surface area contributed by atoms with Crippen molar-refractivity contribution in [1.82, 2.24) is 15.5 Å². The molecule has 24 heavy (non-hydrogen) atoms. The third-order valence-corrected chi connectivity index (χ3v) is 5.09. The van der Waals surface area contributed by atoms with Gasteiger partial charge in [0.15, 0.2) is 0 Å². The molecule has 0 aromatic heterocycles. The molecule has 1 aliphatic carbocycles. The number of hydrogen-bond donors (Lipinski definition) is 2. The van der Waals surface area contributed by atoms with E-state index in [1.54, 1.807) is 0 Å². The predicted octanol–water partition coefficient (Wildman–Crippen LogP) is 1.59. The van der Waals surface area contributed by atoms with Crippen molar-refractivity contribution in [3.8, 4) is 0 Å². The average Bonchev–Trinajstić information content (AvgIpc) is 3.00. The van der Waals surface area contributed by atoms with Crippen LogP contribution in [0.4, 0.5) is 0 Å². The number of hydrogen-bond acceptors (Lipinski definition) is 3. The number of nitrogens with one attached hydrogen (secondary N) is 2. The van der Waals surface area contributed by atoms with E-state index in [9.17, 15) is 14.4 Å². The highest BCUT2D eigenvalue weighted by molar-refractivity contribution is 5.87. The van der Waals surface area contributed by atoms with Crippen LogP contribution in [0.2, 0.25) is 0 Å². The van der Waals surface area contributed by atoms with Crippen LogP contribution in [0.3, 0.4) is 0 Å². The molecule has 2 aliphatic rings. The summed E-state index contributed by atoms with van der Waals surface area (Å²) in [6, 6.07) is -0.412. The maximum Gasteiger partial charge on any atom is 0.242 e. The van der Waals surface area contributed by atoms with E-state index in [-0.39, 0.29) is 23.6 Å². The maximum absolute atomic E-state index is 12.4. The predicted molar refractivity (Wildman–Crippen MR) is 92.2 cm³/mol. The van der Waals surface area contributed by atoms with Gasteiger partial charge in [-0.2, -0.15) is 0 Å². The number of nitrogens with zero attached hydrogens (tertiary/aromatic N) is 1. The Bertz CT molecular complexity index is 447. The Hall–Kier alpha value is -1.59. The van der Waals surface area contributed by atoms with Crippen LogP contribution in [0.15, 0.2) is 0 Å². The van der Waals surface area contributed by atoms with E-state index < -0.39 is 6.04 Å². The molecule has 1 saturated carbocycles. The normalized spacial score (nSPS) is 20.5. The molecule has 6 heteroatoms. The van der Waals surface area contributed by atoms with Crippen LogP contribution in [0.5, 0.6) is 0 Å². The molecule has 1 heterocycles. The zero-order valence-corrected chi connectivity index (χ0v) is 14.8. The molecule has 2 fully saturated rings. The van der Waals surface area contributed by atoms with Crippen molar-refractivity contribution in [3.63, 3.8) is 0 Å². The lowest BCUT2D eigenvalue weighted by Crippen LogP contribution is -2.50. The number of rotatable bonds is 7. The van der Waals surface area contributed by atoms with Gasteiger partial charge in [0.25, 0.3) is 0 Å². The summed E-state index contributed by atoms with van der Waals surface area (Å²) in [6.07, 6.45) is 8.86. The van der Waals surface area contributed by atoms with Crippen LogP contribution in [-0.2, 0) is 14.4 Å². The minimum absolute atomic E-state index is 0.0840. The smallest absolute Gasteiger partial charge is 0.242 e. The quantitative estimate of drug-likeness (QED) is 0.693. The number of likely N-dealkylation sites (tertiary alicyclic amines) is 1. The highest BCUT2D eigenvalue weighted by Gasteiger charge is 2.31. The third kappa shape index (κ3) is 5.80. The van der Waals surface area contributed by atoms with E-state index in [4.69, 9.17) is 0 Å². The van der Waals surface area contributed by atoms with Gasteiger partial charge < -0.3 is 15.5 Å². The summed E-state index contributed by atoms with van der Waals surface area (Å²) in [5.74, 6) is 0.249. The summed E-state index contributed by atoms with van der Waals surface area (Å²) in [7, 11) is 0. The molecule has 0 bridgehead atoms. The summed E-state index contributed by atoms with van der Waals surface area (Å²) >= 11 is 0. The van der Waals surface area contributed by atoms with Crippen molar-refractivity contribution < 1.29 is 14.4 Å². The van der Waals surface area contributed by atoms with E-state index in [1.165, 1.54) is 6.92 Å². The second-order valence-corrected chi connectivity index (χ2v) is 7.06. The van der Waals surface area contributed by atoms with Crippen LogP contribution in [-0.4, -0.2) is 48.3 Å². The fraction of sp³-hybridized carbons (Fsp3) is 0.833. The lowest BCUT2D eigenvalue weighted by molar-refractivity contribution is -0.130. The van der Waals surface area contributed by atoms with Gasteiger partial charge in [-0.25, -0.2) is 0 Å². The molecular formula is C18H31N3O3. The molecule has 0 spiro atoms. The summed E-state index contributed by atoms with van der Waals surface area (Å²) < 4.78 is 0. The van der Waals surface area contributed by atoms with Crippen molar-refractivity contribution in [2.75, 3.05) is 19.6 Å². The van der Waals surface area contributed by atoms with E-state index in [1.807, 2.05) is 4.90 Å². The molecule has 3 amide bonds. The molecular weight excluding hydrogens is 306 g/mol. The molecule has 1 aliphatic heterocycles. The van der Waals surface area contributed by atoms with E-state index >= 15 is 0 Å². The summed E-state index contributed by atoms with van der Waals surface area (Å²) in [5, 5.41) is 5.76. The van der Waals surface area contributed by atoms with Gasteiger partial charge in [-0.05, 0) is 38.0 Å². The van der Waals surface area contributed by atoms with Gasteiger partial charge in [-0.15, -0.1) is 0 Å². The first-order valence-electron chi connectivity index (χ1n) is 9.40. The summed E-state index contributed by atoms with van der Waals surface area (Å²) in [6.45, 7) is 3.54. The topological polar surface area (TPSA) is 78.5 Å². The van der Waals surface area contributed by atoms with Gasteiger partial charge in [-0.3, -0.25) is 14.4 Å². The molecule has 0 aromatic carbocycles. The molecule has 2 rings (SSSR count). The van der Waals surface area contributed by atoms with E-state index in [0.29, 0.717) is 19.5 Å². The summed E-state index contributed by atoms with van der Waals surface area (Å²) in [4.78, 5) is 37.7. The monoisotopic (exact) mass is 337 g/mol. The minimum atomic E-state index is -0.412. The van der Waals surface area contributed by atoms with Gasteiger partial charge >= 0.3 is 0 Å². The first kappa shape index (κ1) is 18.7. The zero-order valence-electron chi connectivity index (χ0n) is 14.8. The van der Waals surface area contributed by atoms with Crippen molar-refractivity contribution in [2.24, 2.45) is 5.92 Å². The van der Waals surface area contributed by atoms with Crippen LogP contribution in [0.1, 0.15) is 64.7 Å².